The highest BCUT2D eigenvalue weighted by Crippen LogP contribution is 2.12. The Hall–Kier alpha value is -0.530. The number of carbonyl (C=O) groups excluding carboxylic acids is 1. The topological polar surface area (TPSA) is 43.1 Å². The van der Waals surface area contributed by atoms with Crippen LogP contribution in [0.25, 0.3) is 0 Å². The standard InChI is InChI=1S/C12H25NO/c1-3-4-5-6-7-8-9-10-11(2)12(13)14/h11H,3-10H2,1-2H3,(H2,13,14). The average Bonchev–Trinajstić information content (AvgIpc) is 2.16. The van der Waals surface area contributed by atoms with Crippen molar-refractivity contribution < 1.29 is 4.79 Å². The molecule has 0 aromatic carbocycles. The number of nitrogens with two attached hydrogens (primary N) is 1. The summed E-state index contributed by atoms with van der Waals surface area (Å²) in [6, 6.07) is 0. The van der Waals surface area contributed by atoms with Crippen molar-refractivity contribution in [2.24, 2.45) is 11.7 Å². The molecule has 0 saturated carbocycles. The Bertz CT molecular complexity index is 145. The molecule has 2 N–H and O–H groups in total. The molecule has 0 aromatic heterocycles. The van der Waals surface area contributed by atoms with Crippen molar-refractivity contribution in [3.63, 3.8) is 0 Å². The normalized spacial score (nSPS) is 12.7. The maximum absolute atomic E-state index is 10.7. The van der Waals surface area contributed by atoms with Crippen molar-refractivity contribution in [3.8, 4) is 0 Å². The molecular weight excluding hydrogens is 174 g/mol. The van der Waals surface area contributed by atoms with E-state index in [1.54, 1.807) is 0 Å². The number of hydrogen-bond acceptors (Lipinski definition) is 1. The number of carbonyl (C=O) groups is 1. The molecule has 2 nitrogen and oxygen atoms in total. The first kappa shape index (κ1) is 13.5. The lowest BCUT2D eigenvalue weighted by atomic mass is 10.0. The predicted octanol–water partition coefficient (Wildman–Crippen LogP) is 3.25. The van der Waals surface area contributed by atoms with Gasteiger partial charge < -0.3 is 5.73 Å². The molecule has 1 amide bonds. The SMILES string of the molecule is CCCCCCCCCC(C)C(N)=O. The number of primary amides is 1. The lowest BCUT2D eigenvalue weighted by Gasteiger charge is -2.06. The van der Waals surface area contributed by atoms with Gasteiger partial charge in [0.15, 0.2) is 0 Å². The second-order valence-electron chi connectivity index (χ2n) is 4.21. The molecule has 0 aliphatic rings. The predicted molar refractivity (Wildman–Crippen MR) is 61.0 cm³/mol. The number of rotatable bonds is 9. The van der Waals surface area contributed by atoms with Gasteiger partial charge in [-0.05, 0) is 6.42 Å². The fourth-order valence-corrected chi connectivity index (χ4v) is 1.55. The molecule has 0 spiro atoms. The van der Waals surface area contributed by atoms with Crippen LogP contribution in [0.3, 0.4) is 0 Å². The van der Waals surface area contributed by atoms with Crippen molar-refractivity contribution in [3.05, 3.63) is 0 Å². The molecular formula is C12H25NO. The molecule has 0 saturated heterocycles. The Labute approximate surface area is 88.3 Å². The summed E-state index contributed by atoms with van der Waals surface area (Å²) < 4.78 is 0. The minimum atomic E-state index is -0.156. The van der Waals surface area contributed by atoms with Gasteiger partial charge in [-0.25, -0.2) is 0 Å². The molecule has 0 aromatic rings. The monoisotopic (exact) mass is 199 g/mol. The van der Waals surface area contributed by atoms with E-state index in [4.69, 9.17) is 5.73 Å². The fraction of sp³-hybridized carbons (Fsp3) is 0.917. The van der Waals surface area contributed by atoms with Crippen LogP contribution in [0.2, 0.25) is 0 Å². The zero-order valence-electron chi connectivity index (χ0n) is 9.72. The lowest BCUT2D eigenvalue weighted by molar-refractivity contribution is -0.121. The Morgan fingerprint density at radius 1 is 1.07 bits per heavy atom. The molecule has 0 aliphatic carbocycles. The van der Waals surface area contributed by atoms with Crippen LogP contribution in [0.5, 0.6) is 0 Å². The van der Waals surface area contributed by atoms with Crippen molar-refractivity contribution in [2.75, 3.05) is 0 Å². The molecule has 1 atom stereocenters. The Kier molecular flexibility index (Phi) is 8.70. The first-order chi connectivity index (χ1) is 6.68. The highest BCUT2D eigenvalue weighted by atomic mass is 16.1. The van der Waals surface area contributed by atoms with Gasteiger partial charge in [-0.3, -0.25) is 4.79 Å². The highest BCUT2D eigenvalue weighted by molar-refractivity contribution is 5.76. The van der Waals surface area contributed by atoms with Gasteiger partial charge in [-0.15, -0.1) is 0 Å². The highest BCUT2D eigenvalue weighted by Gasteiger charge is 2.06. The molecule has 84 valence electrons. The van der Waals surface area contributed by atoms with Crippen LogP contribution in [0.15, 0.2) is 0 Å². The van der Waals surface area contributed by atoms with Gasteiger partial charge >= 0.3 is 0 Å². The molecule has 0 heterocycles. The second kappa shape index (κ2) is 9.04. The summed E-state index contributed by atoms with van der Waals surface area (Å²) in [4.78, 5) is 10.7. The third kappa shape index (κ3) is 8.09. The summed E-state index contributed by atoms with van der Waals surface area (Å²) in [5.41, 5.74) is 5.18. The van der Waals surface area contributed by atoms with E-state index >= 15 is 0 Å². The van der Waals surface area contributed by atoms with Crippen LogP contribution in [0.1, 0.15) is 65.2 Å². The Morgan fingerprint density at radius 3 is 2.07 bits per heavy atom. The van der Waals surface area contributed by atoms with Gasteiger partial charge in [0.2, 0.25) is 5.91 Å². The molecule has 0 radical (unpaired) electrons. The third-order valence-electron chi connectivity index (χ3n) is 2.73. The number of amides is 1. The van der Waals surface area contributed by atoms with E-state index in [1.807, 2.05) is 6.92 Å². The van der Waals surface area contributed by atoms with Gasteiger partial charge in [0.1, 0.15) is 0 Å². The molecule has 0 aliphatic heterocycles. The zero-order chi connectivity index (χ0) is 10.8. The Morgan fingerprint density at radius 2 is 1.57 bits per heavy atom. The van der Waals surface area contributed by atoms with E-state index in [2.05, 4.69) is 6.92 Å². The van der Waals surface area contributed by atoms with Crippen LogP contribution < -0.4 is 5.73 Å². The van der Waals surface area contributed by atoms with Crippen LogP contribution in [-0.4, -0.2) is 5.91 Å². The summed E-state index contributed by atoms with van der Waals surface area (Å²) in [7, 11) is 0. The van der Waals surface area contributed by atoms with E-state index in [9.17, 15) is 4.79 Å². The average molecular weight is 199 g/mol. The molecule has 0 rings (SSSR count). The molecule has 0 bridgehead atoms. The second-order valence-corrected chi connectivity index (χ2v) is 4.21. The maximum atomic E-state index is 10.7. The van der Waals surface area contributed by atoms with Gasteiger partial charge in [0, 0.05) is 5.92 Å². The molecule has 14 heavy (non-hydrogen) atoms. The Balaban J connectivity index is 3.09. The summed E-state index contributed by atoms with van der Waals surface area (Å²) >= 11 is 0. The van der Waals surface area contributed by atoms with Crippen molar-refractivity contribution >= 4 is 5.91 Å². The minimum Gasteiger partial charge on any atom is -0.369 e. The quantitative estimate of drug-likeness (QED) is 0.569. The third-order valence-corrected chi connectivity index (χ3v) is 2.73. The van der Waals surface area contributed by atoms with E-state index in [-0.39, 0.29) is 11.8 Å². The maximum Gasteiger partial charge on any atom is 0.220 e. The van der Waals surface area contributed by atoms with Gasteiger partial charge in [0.05, 0.1) is 0 Å². The summed E-state index contributed by atoms with van der Waals surface area (Å²) in [6.07, 6.45) is 10.0. The smallest absolute Gasteiger partial charge is 0.220 e. The summed E-state index contributed by atoms with van der Waals surface area (Å²) in [5, 5.41) is 0. The van der Waals surface area contributed by atoms with Crippen LogP contribution in [0, 0.1) is 5.92 Å². The van der Waals surface area contributed by atoms with Crippen molar-refractivity contribution in [1.29, 1.82) is 0 Å². The lowest BCUT2D eigenvalue weighted by Crippen LogP contribution is -2.20. The van der Waals surface area contributed by atoms with Crippen LogP contribution in [-0.2, 0) is 4.79 Å². The van der Waals surface area contributed by atoms with Crippen LogP contribution >= 0.6 is 0 Å². The van der Waals surface area contributed by atoms with Crippen LogP contribution in [0.4, 0.5) is 0 Å². The first-order valence-corrected chi connectivity index (χ1v) is 5.97. The molecule has 1 unspecified atom stereocenters. The van der Waals surface area contributed by atoms with Crippen molar-refractivity contribution in [1.82, 2.24) is 0 Å². The summed E-state index contributed by atoms with van der Waals surface area (Å²) in [5.74, 6) is -0.0957. The minimum absolute atomic E-state index is 0.0608. The van der Waals surface area contributed by atoms with E-state index in [1.165, 1.54) is 38.5 Å². The van der Waals surface area contributed by atoms with Gasteiger partial charge in [-0.1, -0.05) is 58.8 Å². The van der Waals surface area contributed by atoms with E-state index in [0.29, 0.717) is 0 Å². The summed E-state index contributed by atoms with van der Waals surface area (Å²) in [6.45, 7) is 4.15. The molecule has 0 fully saturated rings. The fourth-order valence-electron chi connectivity index (χ4n) is 1.55. The van der Waals surface area contributed by atoms with Gasteiger partial charge in [-0.2, -0.15) is 0 Å². The van der Waals surface area contributed by atoms with E-state index < -0.39 is 0 Å². The van der Waals surface area contributed by atoms with Gasteiger partial charge in [0.25, 0.3) is 0 Å². The first-order valence-electron chi connectivity index (χ1n) is 5.97. The number of unbranched alkanes of at least 4 members (excludes halogenated alkanes) is 6. The largest absolute Gasteiger partial charge is 0.369 e. The number of hydrogen-bond donors (Lipinski definition) is 1. The molecule has 2 heteroatoms. The zero-order valence-corrected chi connectivity index (χ0v) is 9.72. The van der Waals surface area contributed by atoms with E-state index in [0.717, 1.165) is 12.8 Å². The van der Waals surface area contributed by atoms with Crippen molar-refractivity contribution in [2.45, 2.75) is 65.2 Å².